The van der Waals surface area contributed by atoms with Gasteiger partial charge < -0.3 is 9.84 Å². The van der Waals surface area contributed by atoms with Crippen LogP contribution in [0.3, 0.4) is 0 Å². The number of anilines is 1. The Morgan fingerprint density at radius 2 is 1.51 bits per heavy atom. The Hall–Kier alpha value is -4.64. The van der Waals surface area contributed by atoms with Crippen molar-refractivity contribution in [3.63, 3.8) is 0 Å². The number of carbonyl (C=O) groups excluding carboxylic acids is 2. The molecular weight excluding hydrogens is 486 g/mol. The van der Waals surface area contributed by atoms with Crippen LogP contribution in [0.15, 0.2) is 103 Å². The van der Waals surface area contributed by atoms with E-state index in [2.05, 4.69) is 0 Å². The smallest absolute Gasteiger partial charge is 0.300 e. The zero-order valence-electron chi connectivity index (χ0n) is 21.8. The summed E-state index contributed by atoms with van der Waals surface area (Å²) >= 11 is 0. The first-order valence-electron chi connectivity index (χ1n) is 13.3. The summed E-state index contributed by atoms with van der Waals surface area (Å²) in [6.45, 7) is 1.97. The summed E-state index contributed by atoms with van der Waals surface area (Å²) in [7, 11) is 0. The van der Waals surface area contributed by atoms with Gasteiger partial charge in [-0.3, -0.25) is 14.5 Å². The number of rotatable bonds is 5. The second-order valence-corrected chi connectivity index (χ2v) is 10.2. The highest BCUT2D eigenvalue weighted by Gasteiger charge is 2.47. The van der Waals surface area contributed by atoms with Crippen molar-refractivity contribution in [1.82, 2.24) is 0 Å². The third kappa shape index (κ3) is 4.72. The molecule has 1 unspecified atom stereocenters. The monoisotopic (exact) mass is 515 g/mol. The number of Topliss-reactive ketones (excluding diaryl/α,β-unsaturated/α-hetero) is 1. The molecule has 194 valence electrons. The number of aryl methyl sites for hydroxylation is 3. The fourth-order valence-corrected chi connectivity index (χ4v) is 5.53. The maximum atomic E-state index is 13.6. The molecule has 1 saturated heterocycles. The van der Waals surface area contributed by atoms with Gasteiger partial charge in [0.25, 0.3) is 11.7 Å². The highest BCUT2D eigenvalue weighted by molar-refractivity contribution is 6.51. The lowest BCUT2D eigenvalue weighted by Gasteiger charge is -2.26. The van der Waals surface area contributed by atoms with E-state index in [1.165, 1.54) is 16.0 Å². The van der Waals surface area contributed by atoms with Crippen LogP contribution in [-0.2, 0) is 22.4 Å². The highest BCUT2D eigenvalue weighted by Crippen LogP contribution is 2.43. The van der Waals surface area contributed by atoms with Crippen LogP contribution in [0.5, 0.6) is 11.5 Å². The number of ether oxygens (including phenoxy) is 1. The number of hydrogen-bond donors (Lipinski definition) is 1. The zero-order chi connectivity index (χ0) is 26.9. The minimum Gasteiger partial charge on any atom is -0.507 e. The number of amides is 1. The number of hydrogen-bond acceptors (Lipinski definition) is 4. The predicted octanol–water partition coefficient (Wildman–Crippen LogP) is 7.29. The molecule has 1 fully saturated rings. The van der Waals surface area contributed by atoms with Gasteiger partial charge in [-0.05, 0) is 91.8 Å². The fraction of sp³-hybridized carbons (Fsp3) is 0.176. The van der Waals surface area contributed by atoms with Gasteiger partial charge in [-0.25, -0.2) is 0 Å². The molecule has 0 saturated carbocycles. The molecule has 0 spiro atoms. The van der Waals surface area contributed by atoms with Crippen LogP contribution in [0.25, 0.3) is 5.76 Å². The topological polar surface area (TPSA) is 66.8 Å². The molecule has 5 heteroatoms. The third-order valence-corrected chi connectivity index (χ3v) is 7.53. The van der Waals surface area contributed by atoms with Crippen LogP contribution < -0.4 is 9.64 Å². The molecule has 0 bridgehead atoms. The Morgan fingerprint density at radius 3 is 2.28 bits per heavy atom. The van der Waals surface area contributed by atoms with Gasteiger partial charge in [0.05, 0.1) is 11.6 Å². The standard InChI is InChI=1S/C34H29NO4/c1-22-14-18-27(19-15-22)35-31(25-10-7-13-29(21-25)39-28-11-3-2-4-12-28)30(33(37)34(35)38)32(36)26-17-16-23-8-5-6-9-24(23)20-26/h2-4,7,10-21,31,36H,5-6,8-9H2,1H3/b32-30-. The van der Waals surface area contributed by atoms with Crippen molar-refractivity contribution in [2.75, 3.05) is 4.90 Å². The maximum absolute atomic E-state index is 13.6. The molecule has 1 heterocycles. The molecule has 4 aromatic rings. The number of carbonyl (C=O) groups is 2. The molecule has 5 nitrogen and oxygen atoms in total. The first kappa shape index (κ1) is 24.7. The van der Waals surface area contributed by atoms with Crippen LogP contribution in [0, 0.1) is 6.92 Å². The Kier molecular flexibility index (Phi) is 6.49. The lowest BCUT2D eigenvalue weighted by molar-refractivity contribution is -0.132. The summed E-state index contributed by atoms with van der Waals surface area (Å²) in [5, 5.41) is 11.6. The third-order valence-electron chi connectivity index (χ3n) is 7.53. The number of para-hydroxylation sites is 1. The van der Waals surface area contributed by atoms with Gasteiger partial charge in [0.15, 0.2) is 0 Å². The highest BCUT2D eigenvalue weighted by atomic mass is 16.5. The van der Waals surface area contributed by atoms with Gasteiger partial charge in [0.2, 0.25) is 0 Å². The number of fused-ring (bicyclic) bond motifs is 1. The fourth-order valence-electron chi connectivity index (χ4n) is 5.53. The SMILES string of the molecule is Cc1ccc(N2C(=O)C(=O)/C(=C(\O)c3ccc4c(c3)CCCC4)C2c2cccc(Oc3ccccc3)c2)cc1. The zero-order valence-corrected chi connectivity index (χ0v) is 21.8. The second-order valence-electron chi connectivity index (χ2n) is 10.2. The number of nitrogens with zero attached hydrogens (tertiary/aromatic N) is 1. The van der Waals surface area contributed by atoms with Crippen LogP contribution in [0.4, 0.5) is 5.69 Å². The number of aliphatic hydroxyl groups excluding tert-OH is 1. The Morgan fingerprint density at radius 1 is 0.795 bits per heavy atom. The van der Waals surface area contributed by atoms with Crippen LogP contribution in [-0.4, -0.2) is 16.8 Å². The van der Waals surface area contributed by atoms with Crippen molar-refractivity contribution in [3.8, 4) is 11.5 Å². The summed E-state index contributed by atoms with van der Waals surface area (Å²) < 4.78 is 6.06. The molecule has 1 atom stereocenters. The van der Waals surface area contributed by atoms with Crippen molar-refractivity contribution < 1.29 is 19.4 Å². The van der Waals surface area contributed by atoms with Gasteiger partial charge in [0, 0.05) is 11.3 Å². The summed E-state index contributed by atoms with van der Waals surface area (Å²) in [6, 6.07) is 29.3. The van der Waals surface area contributed by atoms with Crippen molar-refractivity contribution in [2.24, 2.45) is 0 Å². The maximum Gasteiger partial charge on any atom is 0.300 e. The molecule has 1 aliphatic carbocycles. The lowest BCUT2D eigenvalue weighted by Crippen LogP contribution is -2.29. The van der Waals surface area contributed by atoms with Gasteiger partial charge >= 0.3 is 0 Å². The van der Waals surface area contributed by atoms with Crippen molar-refractivity contribution >= 4 is 23.1 Å². The van der Waals surface area contributed by atoms with Crippen molar-refractivity contribution in [3.05, 3.63) is 130 Å². The Bertz CT molecular complexity index is 1590. The molecule has 1 N–H and O–H groups in total. The molecule has 0 radical (unpaired) electrons. The second kappa shape index (κ2) is 10.3. The largest absolute Gasteiger partial charge is 0.507 e. The van der Waals surface area contributed by atoms with E-state index in [0.29, 0.717) is 28.3 Å². The van der Waals surface area contributed by atoms with Gasteiger partial charge in [-0.2, -0.15) is 0 Å². The average molecular weight is 516 g/mol. The molecular formula is C34H29NO4. The number of aliphatic hydroxyl groups is 1. The minimum absolute atomic E-state index is 0.0770. The lowest BCUT2D eigenvalue weighted by atomic mass is 9.88. The normalized spacial score (nSPS) is 18.2. The van der Waals surface area contributed by atoms with E-state index >= 15 is 0 Å². The molecule has 4 aromatic carbocycles. The molecule has 6 rings (SSSR count). The molecule has 1 amide bonds. The van der Waals surface area contributed by atoms with Gasteiger partial charge in [-0.15, -0.1) is 0 Å². The first-order valence-corrected chi connectivity index (χ1v) is 13.3. The number of benzene rings is 4. The first-order chi connectivity index (χ1) is 19.0. The molecule has 0 aromatic heterocycles. The van der Waals surface area contributed by atoms with E-state index in [9.17, 15) is 14.7 Å². The molecule has 1 aliphatic heterocycles. The van der Waals surface area contributed by atoms with E-state index in [0.717, 1.165) is 31.2 Å². The van der Waals surface area contributed by atoms with Crippen LogP contribution >= 0.6 is 0 Å². The van der Waals surface area contributed by atoms with Crippen molar-refractivity contribution in [1.29, 1.82) is 0 Å². The molecule has 39 heavy (non-hydrogen) atoms. The van der Waals surface area contributed by atoms with E-state index in [4.69, 9.17) is 4.74 Å². The summed E-state index contributed by atoms with van der Waals surface area (Å²) in [5.74, 6) is -0.281. The van der Waals surface area contributed by atoms with Crippen molar-refractivity contribution in [2.45, 2.75) is 38.6 Å². The quantitative estimate of drug-likeness (QED) is 0.172. The van der Waals surface area contributed by atoms with E-state index in [-0.39, 0.29) is 11.3 Å². The Balaban J connectivity index is 1.49. The van der Waals surface area contributed by atoms with E-state index in [1.54, 1.807) is 0 Å². The van der Waals surface area contributed by atoms with Gasteiger partial charge in [0.1, 0.15) is 17.3 Å². The summed E-state index contributed by atoms with van der Waals surface area (Å²) in [4.78, 5) is 28.6. The average Bonchev–Trinajstić information content (AvgIpc) is 3.23. The van der Waals surface area contributed by atoms with Gasteiger partial charge in [-0.1, -0.05) is 60.2 Å². The van der Waals surface area contributed by atoms with Crippen LogP contribution in [0.1, 0.15) is 46.7 Å². The molecule has 2 aliphatic rings. The number of ketones is 1. The van der Waals surface area contributed by atoms with E-state index in [1.807, 2.05) is 104 Å². The Labute approximate surface area is 228 Å². The van der Waals surface area contributed by atoms with Crippen LogP contribution in [0.2, 0.25) is 0 Å². The van der Waals surface area contributed by atoms with E-state index < -0.39 is 17.7 Å². The minimum atomic E-state index is -0.817. The summed E-state index contributed by atoms with van der Waals surface area (Å²) in [6.07, 6.45) is 4.21. The summed E-state index contributed by atoms with van der Waals surface area (Å²) in [5.41, 5.74) is 5.40. The predicted molar refractivity (Wildman–Crippen MR) is 152 cm³/mol.